The number of ether oxygens (including phenoxy) is 1. The van der Waals surface area contributed by atoms with Gasteiger partial charge >= 0.3 is 5.97 Å². The first kappa shape index (κ1) is 23.6. The third-order valence-corrected chi connectivity index (χ3v) is 6.87. The molecular weight excluding hydrogens is 498 g/mol. The molecule has 3 aromatic carbocycles. The molecule has 1 aromatic heterocycles. The maximum atomic E-state index is 12.2. The standard InChI is InChI=1S/C27H26BrNO3S/c1-3-31-27(30)26-19(2)24-17-23(12-13-25(24)32-26)33-29(15-14-20-8-5-4-6-9-20)18-21-10-7-11-22(28)16-21/h4-13,16-17H,3,14-15,18H2,1-2H3. The average Bonchev–Trinajstić information content (AvgIpc) is 3.14. The summed E-state index contributed by atoms with van der Waals surface area (Å²) in [6.45, 7) is 5.73. The van der Waals surface area contributed by atoms with E-state index in [-0.39, 0.29) is 5.76 Å². The zero-order chi connectivity index (χ0) is 23.2. The van der Waals surface area contributed by atoms with Gasteiger partial charge in [0.05, 0.1) is 6.61 Å². The van der Waals surface area contributed by atoms with Gasteiger partial charge in [-0.05, 0) is 73.7 Å². The van der Waals surface area contributed by atoms with E-state index in [1.807, 2.05) is 31.2 Å². The highest BCUT2D eigenvalue weighted by Crippen LogP contribution is 2.32. The van der Waals surface area contributed by atoms with Gasteiger partial charge in [0.25, 0.3) is 0 Å². The molecule has 0 atom stereocenters. The van der Waals surface area contributed by atoms with Gasteiger partial charge in [-0.3, -0.25) is 0 Å². The predicted molar refractivity (Wildman–Crippen MR) is 137 cm³/mol. The molecular formula is C27H26BrNO3S. The summed E-state index contributed by atoms with van der Waals surface area (Å²) in [5, 5.41) is 0.938. The van der Waals surface area contributed by atoms with Crippen molar-refractivity contribution in [2.45, 2.75) is 31.7 Å². The van der Waals surface area contributed by atoms with Crippen LogP contribution in [0.1, 0.15) is 34.2 Å². The number of furan rings is 1. The Morgan fingerprint density at radius 2 is 1.82 bits per heavy atom. The molecule has 170 valence electrons. The largest absolute Gasteiger partial charge is 0.460 e. The number of carbonyl (C=O) groups excluding carboxylic acids is 1. The van der Waals surface area contributed by atoms with E-state index in [2.05, 4.69) is 68.8 Å². The van der Waals surface area contributed by atoms with Gasteiger partial charge in [0.2, 0.25) is 5.76 Å². The zero-order valence-corrected chi connectivity index (χ0v) is 21.1. The number of nitrogens with zero attached hydrogens (tertiary/aromatic N) is 1. The maximum Gasteiger partial charge on any atom is 0.374 e. The lowest BCUT2D eigenvalue weighted by Crippen LogP contribution is -2.18. The third-order valence-electron chi connectivity index (χ3n) is 5.34. The SMILES string of the molecule is CCOC(=O)c1oc2ccc(SN(CCc3ccccc3)Cc3cccc(Br)c3)cc2c1C. The lowest BCUT2D eigenvalue weighted by Gasteiger charge is -2.21. The Hall–Kier alpha value is -2.54. The van der Waals surface area contributed by atoms with Gasteiger partial charge in [-0.15, -0.1) is 0 Å². The number of carbonyl (C=O) groups is 1. The van der Waals surface area contributed by atoms with Crippen molar-refractivity contribution in [2.24, 2.45) is 0 Å². The molecule has 0 unspecified atom stereocenters. The number of rotatable bonds is 9. The van der Waals surface area contributed by atoms with Gasteiger partial charge in [-0.2, -0.15) is 0 Å². The fourth-order valence-electron chi connectivity index (χ4n) is 3.69. The van der Waals surface area contributed by atoms with Crippen LogP contribution in [-0.4, -0.2) is 23.4 Å². The summed E-state index contributed by atoms with van der Waals surface area (Å²) >= 11 is 5.30. The maximum absolute atomic E-state index is 12.2. The van der Waals surface area contributed by atoms with Crippen LogP contribution in [0.4, 0.5) is 0 Å². The van der Waals surface area contributed by atoms with Gasteiger partial charge in [-0.1, -0.05) is 58.4 Å². The second kappa shape index (κ2) is 11.1. The number of hydrogen-bond acceptors (Lipinski definition) is 5. The van der Waals surface area contributed by atoms with Crippen molar-refractivity contribution in [3.05, 3.63) is 99.7 Å². The van der Waals surface area contributed by atoms with E-state index < -0.39 is 5.97 Å². The molecule has 0 radical (unpaired) electrons. The van der Waals surface area contributed by atoms with Crippen molar-refractivity contribution >= 4 is 44.8 Å². The molecule has 0 saturated carbocycles. The summed E-state index contributed by atoms with van der Waals surface area (Å²) in [5.74, 6) is -0.136. The fraction of sp³-hybridized carbons (Fsp3) is 0.222. The second-order valence-electron chi connectivity index (χ2n) is 7.75. The van der Waals surface area contributed by atoms with E-state index >= 15 is 0 Å². The molecule has 4 nitrogen and oxygen atoms in total. The number of hydrogen-bond donors (Lipinski definition) is 0. The summed E-state index contributed by atoms with van der Waals surface area (Å²) < 4.78 is 14.4. The molecule has 0 saturated heterocycles. The van der Waals surface area contributed by atoms with Gasteiger partial charge in [0, 0.05) is 33.4 Å². The Bertz CT molecular complexity index is 1240. The van der Waals surface area contributed by atoms with E-state index in [1.165, 1.54) is 11.1 Å². The summed E-state index contributed by atoms with van der Waals surface area (Å²) in [7, 11) is 0. The molecule has 0 spiro atoms. The van der Waals surface area contributed by atoms with Gasteiger partial charge in [0.1, 0.15) is 5.58 Å². The second-order valence-corrected chi connectivity index (χ2v) is 9.84. The molecule has 0 fully saturated rings. The summed E-state index contributed by atoms with van der Waals surface area (Å²) in [5.41, 5.74) is 4.07. The first-order chi connectivity index (χ1) is 16.0. The normalized spacial score (nSPS) is 11.3. The number of halogens is 1. The number of benzene rings is 3. The third kappa shape index (κ3) is 6.08. The highest BCUT2D eigenvalue weighted by molar-refractivity contribution is 9.10. The minimum Gasteiger partial charge on any atom is -0.460 e. The topological polar surface area (TPSA) is 42.7 Å². The molecule has 0 aliphatic rings. The lowest BCUT2D eigenvalue weighted by molar-refractivity contribution is 0.0491. The monoisotopic (exact) mass is 523 g/mol. The van der Waals surface area contributed by atoms with Crippen molar-refractivity contribution in [3.8, 4) is 0 Å². The molecule has 0 amide bonds. The molecule has 0 aliphatic carbocycles. The van der Waals surface area contributed by atoms with Crippen molar-refractivity contribution in [1.82, 2.24) is 4.31 Å². The van der Waals surface area contributed by atoms with Crippen LogP contribution >= 0.6 is 27.9 Å². The van der Waals surface area contributed by atoms with E-state index in [0.29, 0.717) is 12.2 Å². The predicted octanol–water partition coefficient (Wildman–Crippen LogP) is 7.43. The number of fused-ring (bicyclic) bond motifs is 1. The summed E-state index contributed by atoms with van der Waals surface area (Å²) in [6, 6.07) is 25.0. The van der Waals surface area contributed by atoms with Crippen LogP contribution in [0.3, 0.4) is 0 Å². The Morgan fingerprint density at radius 1 is 1.03 bits per heavy atom. The lowest BCUT2D eigenvalue weighted by atomic mass is 10.1. The number of esters is 1. The van der Waals surface area contributed by atoms with Crippen molar-refractivity contribution in [3.63, 3.8) is 0 Å². The highest BCUT2D eigenvalue weighted by Gasteiger charge is 2.19. The molecule has 0 bridgehead atoms. The van der Waals surface area contributed by atoms with Crippen LogP contribution in [0.25, 0.3) is 11.0 Å². The first-order valence-electron chi connectivity index (χ1n) is 10.9. The van der Waals surface area contributed by atoms with Crippen molar-refractivity contribution in [2.75, 3.05) is 13.2 Å². The van der Waals surface area contributed by atoms with Crippen LogP contribution in [0.5, 0.6) is 0 Å². The van der Waals surface area contributed by atoms with Gasteiger partial charge in [-0.25, -0.2) is 9.10 Å². The van der Waals surface area contributed by atoms with Crippen LogP contribution in [-0.2, 0) is 17.7 Å². The van der Waals surface area contributed by atoms with E-state index in [9.17, 15) is 4.79 Å². The van der Waals surface area contributed by atoms with Crippen LogP contribution in [0, 0.1) is 6.92 Å². The van der Waals surface area contributed by atoms with E-state index in [1.54, 1.807) is 18.9 Å². The quantitative estimate of drug-likeness (QED) is 0.168. The summed E-state index contributed by atoms with van der Waals surface area (Å²) in [6.07, 6.45) is 0.960. The van der Waals surface area contributed by atoms with E-state index in [4.69, 9.17) is 9.15 Å². The molecule has 6 heteroatoms. The molecule has 0 aliphatic heterocycles. The van der Waals surface area contributed by atoms with Gasteiger partial charge < -0.3 is 9.15 Å². The van der Waals surface area contributed by atoms with Crippen LogP contribution in [0.15, 0.2) is 86.6 Å². The minimum absolute atomic E-state index is 0.282. The Balaban J connectivity index is 1.57. The molecule has 0 N–H and O–H groups in total. The van der Waals surface area contributed by atoms with Gasteiger partial charge in [0.15, 0.2) is 0 Å². The Morgan fingerprint density at radius 3 is 2.58 bits per heavy atom. The Kier molecular flexibility index (Phi) is 7.91. The highest BCUT2D eigenvalue weighted by atomic mass is 79.9. The molecule has 4 aromatic rings. The van der Waals surface area contributed by atoms with E-state index in [0.717, 1.165) is 39.8 Å². The van der Waals surface area contributed by atoms with Crippen molar-refractivity contribution in [1.29, 1.82) is 0 Å². The van der Waals surface area contributed by atoms with Crippen molar-refractivity contribution < 1.29 is 13.9 Å². The first-order valence-corrected chi connectivity index (χ1v) is 12.5. The minimum atomic E-state index is -0.417. The average molecular weight is 524 g/mol. The van der Waals surface area contributed by atoms with Crippen LogP contribution in [0.2, 0.25) is 0 Å². The molecule has 33 heavy (non-hydrogen) atoms. The number of aryl methyl sites for hydroxylation is 1. The zero-order valence-electron chi connectivity index (χ0n) is 18.7. The van der Waals surface area contributed by atoms with Crippen LogP contribution < -0.4 is 0 Å². The summed E-state index contributed by atoms with van der Waals surface area (Å²) in [4.78, 5) is 13.3. The fourth-order valence-corrected chi connectivity index (χ4v) is 5.13. The molecule has 4 rings (SSSR count). The molecule has 1 heterocycles. The smallest absolute Gasteiger partial charge is 0.374 e. The Labute approximate surface area is 207 Å².